The molecule has 2 unspecified atom stereocenters. The fraction of sp³-hybridized carbons (Fsp3) is 0.357. The van der Waals surface area contributed by atoms with Crippen molar-refractivity contribution >= 4 is 22.3 Å². The predicted octanol–water partition coefficient (Wildman–Crippen LogP) is 3.21. The molecule has 1 N–H and O–H groups in total. The number of aromatic nitrogens is 1. The minimum Gasteiger partial charge on any atom is -0.383 e. The van der Waals surface area contributed by atoms with Crippen LogP contribution >= 0.6 is 0 Å². The normalized spacial score (nSPS) is 21.3. The Kier molecular flexibility index (Phi) is 2.81. The van der Waals surface area contributed by atoms with E-state index in [2.05, 4.69) is 17.2 Å². The smallest absolute Gasteiger partial charge is 0.278 e. The molecule has 3 rings (SSSR count). The largest absolute Gasteiger partial charge is 0.383 e. The van der Waals surface area contributed by atoms with Crippen molar-refractivity contribution in [1.29, 1.82) is 0 Å². The average molecular weight is 257 g/mol. The summed E-state index contributed by atoms with van der Waals surface area (Å²) < 4.78 is 0. The molecule has 1 saturated carbocycles. The number of non-ortho nitro benzene ring substituents is 1. The van der Waals surface area contributed by atoms with Crippen molar-refractivity contribution in [2.75, 3.05) is 11.9 Å². The molecule has 19 heavy (non-hydrogen) atoms. The van der Waals surface area contributed by atoms with Crippen LogP contribution in [0.1, 0.15) is 13.3 Å². The Hall–Kier alpha value is -2.17. The van der Waals surface area contributed by atoms with E-state index < -0.39 is 0 Å². The fourth-order valence-electron chi connectivity index (χ4n) is 2.38. The van der Waals surface area contributed by atoms with Gasteiger partial charge in [-0.3, -0.25) is 15.1 Å². The lowest BCUT2D eigenvalue weighted by molar-refractivity contribution is -0.383. The molecule has 2 aromatic rings. The predicted molar refractivity (Wildman–Crippen MR) is 74.2 cm³/mol. The number of fused-ring (bicyclic) bond motifs is 1. The summed E-state index contributed by atoms with van der Waals surface area (Å²) in [6.07, 6.45) is 2.92. The number of rotatable bonds is 4. The first-order valence-electron chi connectivity index (χ1n) is 6.43. The number of pyridine rings is 1. The molecular formula is C14H15N3O2. The molecule has 0 radical (unpaired) electrons. The van der Waals surface area contributed by atoms with Crippen LogP contribution in [0.4, 0.5) is 11.4 Å². The van der Waals surface area contributed by atoms with Crippen molar-refractivity contribution in [1.82, 2.24) is 4.98 Å². The van der Waals surface area contributed by atoms with Crippen molar-refractivity contribution in [3.05, 3.63) is 40.6 Å². The summed E-state index contributed by atoms with van der Waals surface area (Å²) in [6, 6.07) is 6.76. The molecule has 5 heteroatoms. The van der Waals surface area contributed by atoms with E-state index in [0.29, 0.717) is 16.8 Å². The molecule has 2 atom stereocenters. The molecule has 1 aromatic heterocycles. The summed E-state index contributed by atoms with van der Waals surface area (Å²) in [5, 5.41) is 14.9. The van der Waals surface area contributed by atoms with E-state index in [4.69, 9.17) is 0 Å². The summed E-state index contributed by atoms with van der Waals surface area (Å²) in [7, 11) is 0. The molecule has 0 saturated heterocycles. The SMILES string of the molecule is CC1CC1CNc1ccc([N+](=O)[O-])c2cccnc12. The van der Waals surface area contributed by atoms with Gasteiger partial charge in [0.05, 0.1) is 16.0 Å². The van der Waals surface area contributed by atoms with Crippen LogP contribution in [0.15, 0.2) is 30.5 Å². The Balaban J connectivity index is 1.96. The molecule has 5 nitrogen and oxygen atoms in total. The van der Waals surface area contributed by atoms with Crippen LogP contribution in [0.3, 0.4) is 0 Å². The molecule has 1 fully saturated rings. The number of hydrogen-bond acceptors (Lipinski definition) is 4. The molecule has 1 heterocycles. The summed E-state index contributed by atoms with van der Waals surface area (Å²) in [4.78, 5) is 14.9. The molecule has 0 bridgehead atoms. The fourth-order valence-corrected chi connectivity index (χ4v) is 2.38. The molecule has 1 aromatic carbocycles. The second kappa shape index (κ2) is 4.50. The number of hydrogen-bond donors (Lipinski definition) is 1. The highest BCUT2D eigenvalue weighted by atomic mass is 16.6. The number of nitrogens with zero attached hydrogens (tertiary/aromatic N) is 2. The third-order valence-electron chi connectivity index (χ3n) is 3.77. The molecular weight excluding hydrogens is 242 g/mol. The zero-order chi connectivity index (χ0) is 13.4. The second-order valence-electron chi connectivity index (χ2n) is 5.14. The Bertz CT molecular complexity index is 642. The molecule has 0 spiro atoms. The zero-order valence-corrected chi connectivity index (χ0v) is 10.7. The highest BCUT2D eigenvalue weighted by Crippen LogP contribution is 2.38. The lowest BCUT2D eigenvalue weighted by Crippen LogP contribution is -2.05. The highest BCUT2D eigenvalue weighted by molar-refractivity contribution is 5.96. The minimum atomic E-state index is -0.364. The van der Waals surface area contributed by atoms with Gasteiger partial charge < -0.3 is 5.32 Å². The van der Waals surface area contributed by atoms with Gasteiger partial charge in [0.25, 0.3) is 5.69 Å². The van der Waals surface area contributed by atoms with E-state index in [0.717, 1.165) is 18.2 Å². The van der Waals surface area contributed by atoms with Crippen LogP contribution in [0.25, 0.3) is 10.9 Å². The van der Waals surface area contributed by atoms with Crippen molar-refractivity contribution < 1.29 is 4.92 Å². The maximum atomic E-state index is 11.0. The monoisotopic (exact) mass is 257 g/mol. The second-order valence-corrected chi connectivity index (χ2v) is 5.14. The summed E-state index contributed by atoms with van der Waals surface area (Å²) >= 11 is 0. The summed E-state index contributed by atoms with van der Waals surface area (Å²) in [5.41, 5.74) is 1.65. The number of nitro benzene ring substituents is 1. The maximum absolute atomic E-state index is 11.0. The van der Waals surface area contributed by atoms with Crippen molar-refractivity contribution in [2.24, 2.45) is 11.8 Å². The number of benzene rings is 1. The number of anilines is 1. The van der Waals surface area contributed by atoms with Crippen LogP contribution < -0.4 is 5.32 Å². The summed E-state index contributed by atoms with van der Waals surface area (Å²) in [5.74, 6) is 1.50. The Morgan fingerprint density at radius 2 is 2.26 bits per heavy atom. The topological polar surface area (TPSA) is 68.1 Å². The van der Waals surface area contributed by atoms with Gasteiger partial charge >= 0.3 is 0 Å². The van der Waals surface area contributed by atoms with Gasteiger partial charge in [-0.1, -0.05) is 6.92 Å². The van der Waals surface area contributed by atoms with Gasteiger partial charge in [-0.2, -0.15) is 0 Å². The van der Waals surface area contributed by atoms with E-state index in [1.807, 2.05) is 0 Å². The molecule has 0 amide bonds. The van der Waals surface area contributed by atoms with Gasteiger partial charge in [0, 0.05) is 18.8 Å². The van der Waals surface area contributed by atoms with Crippen LogP contribution in [-0.2, 0) is 0 Å². The van der Waals surface area contributed by atoms with Crippen molar-refractivity contribution in [3.63, 3.8) is 0 Å². The Labute approximate surface area is 110 Å². The van der Waals surface area contributed by atoms with Crippen LogP contribution in [0.5, 0.6) is 0 Å². The van der Waals surface area contributed by atoms with Gasteiger partial charge in [-0.05, 0) is 36.5 Å². The van der Waals surface area contributed by atoms with Crippen LogP contribution in [0, 0.1) is 22.0 Å². The maximum Gasteiger partial charge on any atom is 0.278 e. The summed E-state index contributed by atoms with van der Waals surface area (Å²) in [6.45, 7) is 3.14. The quantitative estimate of drug-likeness (QED) is 0.674. The molecule has 0 aliphatic heterocycles. The molecule has 1 aliphatic rings. The molecule has 1 aliphatic carbocycles. The first-order valence-corrected chi connectivity index (χ1v) is 6.43. The lowest BCUT2D eigenvalue weighted by atomic mass is 10.1. The van der Waals surface area contributed by atoms with Gasteiger partial charge in [-0.25, -0.2) is 0 Å². The Morgan fingerprint density at radius 1 is 1.47 bits per heavy atom. The third kappa shape index (κ3) is 2.23. The van der Waals surface area contributed by atoms with E-state index in [9.17, 15) is 10.1 Å². The highest BCUT2D eigenvalue weighted by Gasteiger charge is 2.32. The van der Waals surface area contributed by atoms with Gasteiger partial charge in [0.15, 0.2) is 0 Å². The average Bonchev–Trinajstić information content (AvgIpc) is 3.11. The van der Waals surface area contributed by atoms with Gasteiger partial charge in [0.1, 0.15) is 5.52 Å². The van der Waals surface area contributed by atoms with Gasteiger partial charge in [0.2, 0.25) is 0 Å². The van der Waals surface area contributed by atoms with Crippen LogP contribution in [-0.4, -0.2) is 16.5 Å². The third-order valence-corrected chi connectivity index (χ3v) is 3.77. The Morgan fingerprint density at radius 3 is 2.95 bits per heavy atom. The first kappa shape index (κ1) is 11.9. The lowest BCUT2D eigenvalue weighted by Gasteiger charge is -2.08. The van der Waals surface area contributed by atoms with E-state index in [1.54, 1.807) is 30.5 Å². The number of nitro groups is 1. The first-order chi connectivity index (χ1) is 9.16. The van der Waals surface area contributed by atoms with Crippen molar-refractivity contribution in [3.8, 4) is 0 Å². The van der Waals surface area contributed by atoms with Gasteiger partial charge in [-0.15, -0.1) is 0 Å². The van der Waals surface area contributed by atoms with Crippen molar-refractivity contribution in [2.45, 2.75) is 13.3 Å². The zero-order valence-electron chi connectivity index (χ0n) is 10.7. The van der Waals surface area contributed by atoms with Crippen LogP contribution in [0.2, 0.25) is 0 Å². The molecule has 98 valence electrons. The standard InChI is InChI=1S/C14H15N3O2/c1-9-7-10(9)8-16-12-4-5-13(17(18)19)11-3-2-6-15-14(11)12/h2-6,9-10,16H,7-8H2,1H3. The van der Waals surface area contributed by atoms with E-state index >= 15 is 0 Å². The van der Waals surface area contributed by atoms with E-state index in [1.165, 1.54) is 6.42 Å². The number of nitrogens with one attached hydrogen (secondary N) is 1. The minimum absolute atomic E-state index is 0.105. The van der Waals surface area contributed by atoms with E-state index in [-0.39, 0.29) is 10.6 Å².